The molecular formula is C20H25NO4. The van der Waals surface area contributed by atoms with Crippen LogP contribution in [0.5, 0.6) is 11.5 Å². The molecule has 134 valence electrons. The van der Waals surface area contributed by atoms with E-state index in [0.717, 1.165) is 16.9 Å². The Morgan fingerprint density at radius 1 is 1.00 bits per heavy atom. The first-order valence-corrected chi connectivity index (χ1v) is 8.26. The van der Waals surface area contributed by atoms with Gasteiger partial charge in [0.25, 0.3) is 0 Å². The molecule has 2 aromatic rings. The van der Waals surface area contributed by atoms with Crippen molar-refractivity contribution in [3.63, 3.8) is 0 Å². The molecule has 1 amide bonds. The number of ether oxygens (including phenoxy) is 3. The Labute approximate surface area is 148 Å². The van der Waals surface area contributed by atoms with Gasteiger partial charge >= 0.3 is 6.09 Å². The van der Waals surface area contributed by atoms with Gasteiger partial charge in [-0.15, -0.1) is 0 Å². The number of carbonyl (C=O) groups excluding carboxylic acids is 1. The van der Waals surface area contributed by atoms with Crippen LogP contribution in [0.3, 0.4) is 0 Å². The molecule has 0 unspecified atom stereocenters. The van der Waals surface area contributed by atoms with Crippen molar-refractivity contribution in [1.29, 1.82) is 0 Å². The molecule has 1 N–H and O–H groups in total. The van der Waals surface area contributed by atoms with E-state index in [9.17, 15) is 4.79 Å². The molecule has 0 heterocycles. The van der Waals surface area contributed by atoms with Crippen LogP contribution in [-0.4, -0.2) is 19.8 Å². The third-order valence-corrected chi connectivity index (χ3v) is 4.00. The summed E-state index contributed by atoms with van der Waals surface area (Å²) in [5, 5.41) is 2.72. The number of aryl methyl sites for hydroxylation is 3. The van der Waals surface area contributed by atoms with Crippen LogP contribution in [0.25, 0.3) is 0 Å². The van der Waals surface area contributed by atoms with Gasteiger partial charge in [-0.2, -0.15) is 0 Å². The minimum atomic E-state index is -0.546. The Morgan fingerprint density at radius 2 is 1.72 bits per heavy atom. The minimum absolute atomic E-state index is 0.309. The molecule has 0 aliphatic rings. The highest BCUT2D eigenvalue weighted by atomic mass is 16.5. The zero-order valence-corrected chi connectivity index (χ0v) is 15.4. The number of benzene rings is 2. The quantitative estimate of drug-likeness (QED) is 0.821. The van der Waals surface area contributed by atoms with Crippen molar-refractivity contribution in [3.8, 4) is 11.5 Å². The highest BCUT2D eigenvalue weighted by molar-refractivity contribution is 5.88. The highest BCUT2D eigenvalue weighted by Crippen LogP contribution is 2.31. The third-order valence-electron chi connectivity index (χ3n) is 4.00. The predicted octanol–water partition coefficient (Wildman–Crippen LogP) is 4.77. The number of hydrogen-bond donors (Lipinski definition) is 1. The van der Waals surface area contributed by atoms with Crippen molar-refractivity contribution in [2.75, 3.05) is 19.0 Å². The molecule has 0 aliphatic carbocycles. The van der Waals surface area contributed by atoms with E-state index < -0.39 is 6.09 Å². The molecule has 0 fully saturated rings. The van der Waals surface area contributed by atoms with Gasteiger partial charge in [0, 0.05) is 5.56 Å². The smallest absolute Gasteiger partial charge is 0.411 e. The molecule has 0 aromatic heterocycles. The Morgan fingerprint density at radius 3 is 2.40 bits per heavy atom. The van der Waals surface area contributed by atoms with E-state index in [2.05, 4.69) is 25.2 Å². The van der Waals surface area contributed by atoms with Crippen LogP contribution in [0.15, 0.2) is 30.3 Å². The van der Waals surface area contributed by atoms with E-state index in [1.165, 1.54) is 18.2 Å². The van der Waals surface area contributed by atoms with Gasteiger partial charge in [0.05, 0.1) is 19.4 Å². The number of methoxy groups -OCH3 is 1. The maximum Gasteiger partial charge on any atom is 0.411 e. The number of rotatable bonds is 6. The molecule has 2 rings (SSSR count). The molecule has 2 aromatic carbocycles. The first-order chi connectivity index (χ1) is 12.0. The molecule has 25 heavy (non-hydrogen) atoms. The fourth-order valence-electron chi connectivity index (χ4n) is 2.51. The molecular weight excluding hydrogens is 318 g/mol. The Balaban J connectivity index is 2.28. The topological polar surface area (TPSA) is 56.8 Å². The van der Waals surface area contributed by atoms with E-state index in [1.807, 2.05) is 32.0 Å². The first-order valence-electron chi connectivity index (χ1n) is 8.26. The number of hydrogen-bond acceptors (Lipinski definition) is 4. The summed E-state index contributed by atoms with van der Waals surface area (Å²) in [6.45, 7) is 8.85. The Kier molecular flexibility index (Phi) is 6.28. The van der Waals surface area contributed by atoms with Gasteiger partial charge in [0.1, 0.15) is 18.1 Å². The standard InChI is InChI=1S/C20H25NO4/c1-6-24-17-9-7-8-16(19(17)21-20(22)23-5)12-25-18-11-14(3)13(2)10-15(18)4/h7-11H,6,12H2,1-5H3,(H,21,22). The number of para-hydroxylation sites is 1. The number of anilines is 1. The zero-order valence-electron chi connectivity index (χ0n) is 15.4. The summed E-state index contributed by atoms with van der Waals surface area (Å²) < 4.78 is 16.3. The van der Waals surface area contributed by atoms with Gasteiger partial charge in [-0.1, -0.05) is 18.2 Å². The molecule has 5 heteroatoms. The minimum Gasteiger partial charge on any atom is -0.492 e. The van der Waals surface area contributed by atoms with Gasteiger partial charge in [-0.25, -0.2) is 4.79 Å². The van der Waals surface area contributed by atoms with Crippen molar-refractivity contribution in [3.05, 3.63) is 52.6 Å². The van der Waals surface area contributed by atoms with E-state index in [1.54, 1.807) is 6.07 Å². The third kappa shape index (κ3) is 4.66. The summed E-state index contributed by atoms with van der Waals surface area (Å²) in [5.41, 5.74) is 4.87. The SMILES string of the molecule is CCOc1cccc(COc2cc(C)c(C)cc2C)c1NC(=O)OC. The van der Waals surface area contributed by atoms with Gasteiger partial charge in [-0.3, -0.25) is 5.32 Å². The largest absolute Gasteiger partial charge is 0.492 e. The summed E-state index contributed by atoms with van der Waals surface area (Å²) >= 11 is 0. The summed E-state index contributed by atoms with van der Waals surface area (Å²) in [4.78, 5) is 11.7. The summed E-state index contributed by atoms with van der Waals surface area (Å²) in [6, 6.07) is 9.71. The number of carbonyl (C=O) groups is 1. The molecule has 0 radical (unpaired) electrons. The van der Waals surface area contributed by atoms with E-state index >= 15 is 0 Å². The maximum atomic E-state index is 11.7. The van der Waals surface area contributed by atoms with Gasteiger partial charge in [-0.05, 0) is 56.5 Å². The molecule has 0 saturated heterocycles. The normalized spacial score (nSPS) is 10.3. The lowest BCUT2D eigenvalue weighted by Gasteiger charge is -2.17. The summed E-state index contributed by atoms with van der Waals surface area (Å²) in [6.07, 6.45) is -0.546. The maximum absolute atomic E-state index is 11.7. The first kappa shape index (κ1) is 18.6. The summed E-state index contributed by atoms with van der Waals surface area (Å²) in [7, 11) is 1.33. The van der Waals surface area contributed by atoms with Gasteiger partial charge < -0.3 is 14.2 Å². The molecule has 0 saturated carbocycles. The molecule has 0 atom stereocenters. The highest BCUT2D eigenvalue weighted by Gasteiger charge is 2.14. The second-order valence-corrected chi connectivity index (χ2v) is 5.83. The van der Waals surface area contributed by atoms with Crippen LogP contribution < -0.4 is 14.8 Å². The van der Waals surface area contributed by atoms with Crippen molar-refractivity contribution < 1.29 is 19.0 Å². The van der Waals surface area contributed by atoms with Crippen molar-refractivity contribution in [2.24, 2.45) is 0 Å². The van der Waals surface area contributed by atoms with Crippen LogP contribution in [-0.2, 0) is 11.3 Å². The summed E-state index contributed by atoms with van der Waals surface area (Å²) in [5.74, 6) is 1.42. The second-order valence-electron chi connectivity index (χ2n) is 5.83. The lowest BCUT2D eigenvalue weighted by Crippen LogP contribution is -2.14. The second kappa shape index (κ2) is 8.42. The van der Waals surface area contributed by atoms with E-state index in [0.29, 0.717) is 24.7 Å². The van der Waals surface area contributed by atoms with Crippen molar-refractivity contribution in [2.45, 2.75) is 34.3 Å². The molecule has 5 nitrogen and oxygen atoms in total. The average molecular weight is 343 g/mol. The zero-order chi connectivity index (χ0) is 18.4. The fourth-order valence-corrected chi connectivity index (χ4v) is 2.51. The average Bonchev–Trinajstić information content (AvgIpc) is 2.59. The lowest BCUT2D eigenvalue weighted by atomic mass is 10.1. The van der Waals surface area contributed by atoms with Gasteiger partial charge in [0.2, 0.25) is 0 Å². The Bertz CT molecular complexity index is 756. The Hall–Kier alpha value is -2.69. The van der Waals surface area contributed by atoms with E-state index in [4.69, 9.17) is 14.2 Å². The molecule has 0 spiro atoms. The van der Waals surface area contributed by atoms with E-state index in [-0.39, 0.29) is 0 Å². The number of amides is 1. The van der Waals surface area contributed by atoms with Crippen LogP contribution in [0, 0.1) is 20.8 Å². The van der Waals surface area contributed by atoms with Crippen LogP contribution in [0.4, 0.5) is 10.5 Å². The monoisotopic (exact) mass is 343 g/mol. The van der Waals surface area contributed by atoms with Crippen LogP contribution in [0.2, 0.25) is 0 Å². The van der Waals surface area contributed by atoms with Gasteiger partial charge in [0.15, 0.2) is 0 Å². The lowest BCUT2D eigenvalue weighted by molar-refractivity contribution is 0.186. The number of nitrogens with one attached hydrogen (secondary N) is 1. The van der Waals surface area contributed by atoms with Crippen LogP contribution >= 0.6 is 0 Å². The predicted molar refractivity (Wildman–Crippen MR) is 98.6 cm³/mol. The van der Waals surface area contributed by atoms with Crippen LogP contribution in [0.1, 0.15) is 29.2 Å². The fraction of sp³-hybridized carbons (Fsp3) is 0.350. The molecule has 0 aliphatic heterocycles. The molecule has 0 bridgehead atoms. The van der Waals surface area contributed by atoms with Crippen molar-refractivity contribution >= 4 is 11.8 Å². The van der Waals surface area contributed by atoms with Crippen molar-refractivity contribution in [1.82, 2.24) is 0 Å².